The van der Waals surface area contributed by atoms with Gasteiger partial charge in [-0.2, -0.15) is 0 Å². The Labute approximate surface area is 185 Å². The Hall–Kier alpha value is -3.11. The topological polar surface area (TPSA) is 34.0 Å². The van der Waals surface area contributed by atoms with E-state index in [-0.39, 0.29) is 11.9 Å². The predicted molar refractivity (Wildman–Crippen MR) is 124 cm³/mol. The van der Waals surface area contributed by atoms with Crippen molar-refractivity contribution < 1.29 is 14.4 Å². The third-order valence-corrected chi connectivity index (χ3v) is 5.94. The van der Waals surface area contributed by atoms with Crippen LogP contribution in [0.1, 0.15) is 40.9 Å². The van der Waals surface area contributed by atoms with Crippen molar-refractivity contribution in [3.8, 4) is 5.75 Å². The van der Waals surface area contributed by atoms with Crippen LogP contribution >= 0.6 is 0 Å². The van der Waals surface area contributed by atoms with Crippen LogP contribution in [-0.2, 0) is 0 Å². The van der Waals surface area contributed by atoms with Gasteiger partial charge in [0, 0.05) is 16.7 Å². The number of piperazine rings is 1. The van der Waals surface area contributed by atoms with Crippen molar-refractivity contribution in [2.45, 2.75) is 19.4 Å². The molecule has 0 saturated carbocycles. The number of hydrogen-bond donors (Lipinski definition) is 1. The molecule has 31 heavy (non-hydrogen) atoms. The summed E-state index contributed by atoms with van der Waals surface area (Å²) in [7, 11) is 0. The maximum Gasteiger partial charge on any atom is 0.254 e. The molecule has 1 amide bonds. The highest BCUT2D eigenvalue weighted by molar-refractivity contribution is 5.94. The summed E-state index contributed by atoms with van der Waals surface area (Å²) in [5.41, 5.74) is 3.38. The molecule has 0 bridgehead atoms. The molecular formula is C27H31N2O2+. The number of nitrogens with zero attached hydrogens (tertiary/aromatic N) is 1. The summed E-state index contributed by atoms with van der Waals surface area (Å²) < 4.78 is 5.63. The minimum Gasteiger partial charge on any atom is -0.494 e. The zero-order valence-corrected chi connectivity index (χ0v) is 18.2. The van der Waals surface area contributed by atoms with Gasteiger partial charge >= 0.3 is 0 Å². The lowest BCUT2D eigenvalue weighted by molar-refractivity contribution is -0.929. The van der Waals surface area contributed by atoms with Gasteiger partial charge in [0.15, 0.2) is 0 Å². The molecular weight excluding hydrogens is 384 g/mol. The highest BCUT2D eigenvalue weighted by Crippen LogP contribution is 2.20. The molecule has 1 N–H and O–H groups in total. The summed E-state index contributed by atoms with van der Waals surface area (Å²) in [6.07, 6.45) is 0.972. The molecule has 3 aromatic carbocycles. The smallest absolute Gasteiger partial charge is 0.254 e. The highest BCUT2D eigenvalue weighted by Gasteiger charge is 2.31. The Kier molecular flexibility index (Phi) is 7.00. The number of carbonyl (C=O) groups is 1. The van der Waals surface area contributed by atoms with Crippen LogP contribution in [0.3, 0.4) is 0 Å². The Bertz CT molecular complexity index is 910. The molecule has 0 atom stereocenters. The molecule has 3 aromatic rings. The van der Waals surface area contributed by atoms with Crippen LogP contribution in [0.5, 0.6) is 5.75 Å². The molecule has 4 nitrogen and oxygen atoms in total. The van der Waals surface area contributed by atoms with E-state index in [2.05, 4.69) is 67.6 Å². The van der Waals surface area contributed by atoms with E-state index in [0.717, 1.165) is 43.9 Å². The molecule has 0 aromatic heterocycles. The van der Waals surface area contributed by atoms with Crippen molar-refractivity contribution in [2.24, 2.45) is 0 Å². The van der Waals surface area contributed by atoms with Crippen molar-refractivity contribution in [2.75, 3.05) is 32.8 Å². The van der Waals surface area contributed by atoms with Crippen LogP contribution in [0.25, 0.3) is 0 Å². The third kappa shape index (κ3) is 5.15. The van der Waals surface area contributed by atoms with E-state index in [1.54, 1.807) is 0 Å². The molecule has 0 spiro atoms. The number of ether oxygens (including phenoxy) is 1. The zero-order valence-electron chi connectivity index (χ0n) is 18.2. The summed E-state index contributed by atoms with van der Waals surface area (Å²) in [6, 6.07) is 29.3. The van der Waals surface area contributed by atoms with Gasteiger partial charge in [-0.15, -0.1) is 0 Å². The van der Waals surface area contributed by atoms with Gasteiger partial charge < -0.3 is 14.5 Å². The summed E-state index contributed by atoms with van der Waals surface area (Å²) in [5.74, 6) is 0.929. The van der Waals surface area contributed by atoms with Gasteiger partial charge in [-0.25, -0.2) is 0 Å². The molecule has 0 aliphatic carbocycles. The first-order valence-corrected chi connectivity index (χ1v) is 11.2. The zero-order chi connectivity index (χ0) is 21.5. The summed E-state index contributed by atoms with van der Waals surface area (Å²) in [4.78, 5) is 16.5. The van der Waals surface area contributed by atoms with Crippen molar-refractivity contribution in [3.63, 3.8) is 0 Å². The fraction of sp³-hybridized carbons (Fsp3) is 0.296. The quantitative estimate of drug-likeness (QED) is 0.640. The second kappa shape index (κ2) is 10.3. The van der Waals surface area contributed by atoms with Crippen LogP contribution in [0.15, 0.2) is 84.9 Å². The number of hydrogen-bond acceptors (Lipinski definition) is 2. The third-order valence-electron chi connectivity index (χ3n) is 5.94. The highest BCUT2D eigenvalue weighted by atomic mass is 16.5. The lowest BCUT2D eigenvalue weighted by Crippen LogP contribution is -3.15. The van der Waals surface area contributed by atoms with E-state index in [1.807, 2.05) is 29.2 Å². The average molecular weight is 416 g/mol. The maximum absolute atomic E-state index is 13.0. The molecule has 1 fully saturated rings. The number of rotatable bonds is 7. The fourth-order valence-corrected chi connectivity index (χ4v) is 4.34. The van der Waals surface area contributed by atoms with Crippen LogP contribution in [0.4, 0.5) is 0 Å². The lowest BCUT2D eigenvalue weighted by atomic mass is 9.96. The van der Waals surface area contributed by atoms with Crippen molar-refractivity contribution in [1.82, 2.24) is 4.90 Å². The number of benzene rings is 3. The number of carbonyl (C=O) groups excluding carboxylic acids is 1. The van der Waals surface area contributed by atoms with Gasteiger partial charge in [0.2, 0.25) is 0 Å². The second-order valence-electron chi connectivity index (χ2n) is 8.08. The van der Waals surface area contributed by atoms with Crippen molar-refractivity contribution in [3.05, 3.63) is 102 Å². The molecule has 1 saturated heterocycles. The first kappa shape index (κ1) is 21.1. The molecule has 1 heterocycles. The Morgan fingerprint density at radius 3 is 1.94 bits per heavy atom. The van der Waals surface area contributed by atoms with Gasteiger partial charge in [-0.05, 0) is 30.7 Å². The molecule has 4 rings (SSSR count). The van der Waals surface area contributed by atoms with E-state index < -0.39 is 0 Å². The largest absolute Gasteiger partial charge is 0.494 e. The maximum atomic E-state index is 13.0. The number of quaternary nitrogens is 1. The summed E-state index contributed by atoms with van der Waals surface area (Å²) in [5, 5.41) is 0. The lowest BCUT2D eigenvalue weighted by Gasteiger charge is -2.37. The van der Waals surface area contributed by atoms with Crippen molar-refractivity contribution in [1.29, 1.82) is 0 Å². The van der Waals surface area contributed by atoms with Crippen LogP contribution in [0.2, 0.25) is 0 Å². The summed E-state index contributed by atoms with van der Waals surface area (Å²) in [6.45, 7) is 6.16. The minimum absolute atomic E-state index is 0.108. The first-order valence-electron chi connectivity index (χ1n) is 11.2. The van der Waals surface area contributed by atoms with Crippen LogP contribution in [0, 0.1) is 0 Å². The standard InChI is InChI=1S/C27H30N2O2/c1-2-21-31-25-15-13-24(14-16-25)27(30)29-19-17-28(18-20-29)26(22-9-5-3-6-10-22)23-11-7-4-8-12-23/h3-16,26H,2,17-21H2,1H3/p+1. The van der Waals surface area contributed by atoms with E-state index in [0.29, 0.717) is 6.61 Å². The van der Waals surface area contributed by atoms with Gasteiger partial charge in [0.05, 0.1) is 32.8 Å². The Balaban J connectivity index is 1.43. The monoisotopic (exact) mass is 415 g/mol. The Morgan fingerprint density at radius 2 is 1.42 bits per heavy atom. The SMILES string of the molecule is CCCOc1ccc(C(=O)N2CC[NH+](C(c3ccccc3)c3ccccc3)CC2)cc1. The summed E-state index contributed by atoms with van der Waals surface area (Å²) >= 11 is 0. The molecule has 4 heteroatoms. The molecule has 1 aliphatic rings. The molecule has 0 unspecified atom stereocenters. The van der Waals surface area contributed by atoms with Crippen LogP contribution in [-0.4, -0.2) is 43.6 Å². The van der Waals surface area contributed by atoms with E-state index >= 15 is 0 Å². The normalized spacial score (nSPS) is 14.6. The van der Waals surface area contributed by atoms with Gasteiger partial charge in [-0.3, -0.25) is 4.79 Å². The number of nitrogens with one attached hydrogen (secondary N) is 1. The molecule has 0 radical (unpaired) electrons. The first-order chi connectivity index (χ1) is 15.3. The molecule has 1 aliphatic heterocycles. The van der Waals surface area contributed by atoms with E-state index in [4.69, 9.17) is 4.74 Å². The fourth-order valence-electron chi connectivity index (χ4n) is 4.34. The van der Waals surface area contributed by atoms with Crippen LogP contribution < -0.4 is 9.64 Å². The molecule has 160 valence electrons. The number of amides is 1. The minimum atomic E-state index is 0.108. The Morgan fingerprint density at radius 1 is 0.871 bits per heavy atom. The van der Waals surface area contributed by atoms with E-state index in [9.17, 15) is 4.79 Å². The predicted octanol–water partition coefficient (Wildman–Crippen LogP) is 3.61. The van der Waals surface area contributed by atoms with Gasteiger partial charge in [0.25, 0.3) is 5.91 Å². The average Bonchev–Trinajstić information content (AvgIpc) is 2.85. The second-order valence-corrected chi connectivity index (χ2v) is 8.08. The van der Waals surface area contributed by atoms with E-state index in [1.165, 1.54) is 16.0 Å². The van der Waals surface area contributed by atoms with Crippen molar-refractivity contribution >= 4 is 5.91 Å². The van der Waals surface area contributed by atoms with Gasteiger partial charge in [-0.1, -0.05) is 67.6 Å². The van der Waals surface area contributed by atoms with Gasteiger partial charge in [0.1, 0.15) is 11.8 Å².